The van der Waals surface area contributed by atoms with Crippen LogP contribution in [0.5, 0.6) is 5.75 Å². The molecule has 0 amide bonds. The van der Waals surface area contributed by atoms with Crippen molar-refractivity contribution in [2.24, 2.45) is 0 Å². The minimum Gasteiger partial charge on any atom is -0.496 e. The molecule has 0 saturated heterocycles. The fraction of sp³-hybridized carbons (Fsp3) is 0.185. The Hall–Kier alpha value is -3.06. The maximum absolute atomic E-state index is 5.88. The standard InChI is InChI=1S/C27H24O/c1-3-18-11-12-20-13-14-21-15-16-25(28-2)27(26(21)24(20)17-18)23-10-6-8-19-7-4-5-9-22(19)23/h3-10,15-17H,1,11-14H2,2H3. The van der Waals surface area contributed by atoms with Crippen molar-refractivity contribution >= 4 is 16.3 Å². The summed E-state index contributed by atoms with van der Waals surface area (Å²) in [4.78, 5) is 0. The average Bonchev–Trinajstić information content (AvgIpc) is 2.77. The molecular weight excluding hydrogens is 340 g/mol. The largest absolute Gasteiger partial charge is 0.496 e. The number of methoxy groups -OCH3 is 1. The Morgan fingerprint density at radius 1 is 0.857 bits per heavy atom. The van der Waals surface area contributed by atoms with Crippen molar-refractivity contribution in [3.05, 3.63) is 95.6 Å². The smallest absolute Gasteiger partial charge is 0.127 e. The van der Waals surface area contributed by atoms with Crippen molar-refractivity contribution in [3.63, 3.8) is 0 Å². The topological polar surface area (TPSA) is 9.23 Å². The zero-order valence-corrected chi connectivity index (χ0v) is 16.3. The third-order valence-corrected chi connectivity index (χ3v) is 6.19. The van der Waals surface area contributed by atoms with Gasteiger partial charge in [-0.1, -0.05) is 72.8 Å². The molecule has 3 aromatic carbocycles. The van der Waals surface area contributed by atoms with E-state index in [1.54, 1.807) is 12.7 Å². The van der Waals surface area contributed by atoms with Crippen molar-refractivity contribution in [1.82, 2.24) is 0 Å². The first kappa shape index (κ1) is 17.1. The van der Waals surface area contributed by atoms with Gasteiger partial charge in [0.1, 0.15) is 5.75 Å². The number of benzene rings is 3. The monoisotopic (exact) mass is 364 g/mol. The van der Waals surface area contributed by atoms with E-state index >= 15 is 0 Å². The number of fused-ring (bicyclic) bond motifs is 3. The molecule has 5 rings (SSSR count). The molecule has 0 aliphatic heterocycles. The van der Waals surface area contributed by atoms with E-state index in [4.69, 9.17) is 4.74 Å². The maximum Gasteiger partial charge on any atom is 0.127 e. The second-order valence-corrected chi connectivity index (χ2v) is 7.64. The highest BCUT2D eigenvalue weighted by Crippen LogP contribution is 2.48. The predicted octanol–water partition coefficient (Wildman–Crippen LogP) is 7.12. The Balaban J connectivity index is 1.86. The summed E-state index contributed by atoms with van der Waals surface area (Å²) in [6.07, 6.45) is 8.87. The molecule has 0 fully saturated rings. The van der Waals surface area contributed by atoms with Crippen LogP contribution >= 0.6 is 0 Å². The number of rotatable bonds is 3. The van der Waals surface area contributed by atoms with Crippen molar-refractivity contribution in [3.8, 4) is 16.9 Å². The van der Waals surface area contributed by atoms with Crippen LogP contribution < -0.4 is 4.74 Å². The van der Waals surface area contributed by atoms with E-state index in [2.05, 4.69) is 67.3 Å². The van der Waals surface area contributed by atoms with Gasteiger partial charge in [0.25, 0.3) is 0 Å². The van der Waals surface area contributed by atoms with Crippen LogP contribution in [0.25, 0.3) is 27.5 Å². The third-order valence-electron chi connectivity index (χ3n) is 6.19. The van der Waals surface area contributed by atoms with Gasteiger partial charge in [0.15, 0.2) is 0 Å². The summed E-state index contributed by atoms with van der Waals surface area (Å²) in [5.74, 6) is 0.947. The minimum atomic E-state index is 0.947. The summed E-state index contributed by atoms with van der Waals surface area (Å²) in [7, 11) is 1.78. The first-order chi connectivity index (χ1) is 13.8. The highest BCUT2D eigenvalue weighted by atomic mass is 16.5. The zero-order valence-electron chi connectivity index (χ0n) is 16.3. The molecule has 2 aliphatic rings. The van der Waals surface area contributed by atoms with Crippen molar-refractivity contribution in [2.45, 2.75) is 25.7 Å². The molecule has 3 aromatic rings. The molecule has 28 heavy (non-hydrogen) atoms. The van der Waals surface area contributed by atoms with Gasteiger partial charge in [-0.05, 0) is 70.4 Å². The Bertz CT molecular complexity index is 1150. The summed E-state index contributed by atoms with van der Waals surface area (Å²) in [5.41, 5.74) is 9.56. The molecule has 0 radical (unpaired) electrons. The van der Waals surface area contributed by atoms with E-state index in [1.807, 2.05) is 6.08 Å². The van der Waals surface area contributed by atoms with Gasteiger partial charge in [-0.15, -0.1) is 0 Å². The van der Waals surface area contributed by atoms with Crippen molar-refractivity contribution in [1.29, 1.82) is 0 Å². The molecule has 138 valence electrons. The quantitative estimate of drug-likeness (QED) is 0.481. The van der Waals surface area contributed by atoms with E-state index in [9.17, 15) is 0 Å². The highest BCUT2D eigenvalue weighted by Gasteiger charge is 2.26. The lowest BCUT2D eigenvalue weighted by atomic mass is 9.76. The number of aryl methyl sites for hydroxylation is 1. The van der Waals surface area contributed by atoms with E-state index in [0.717, 1.165) is 31.4 Å². The number of hydrogen-bond donors (Lipinski definition) is 0. The van der Waals surface area contributed by atoms with Gasteiger partial charge in [0.05, 0.1) is 7.11 Å². The molecule has 0 saturated carbocycles. The first-order valence-corrected chi connectivity index (χ1v) is 10.0. The summed E-state index contributed by atoms with van der Waals surface area (Å²) in [6.45, 7) is 4.02. The lowest BCUT2D eigenvalue weighted by Crippen LogP contribution is -2.10. The second-order valence-electron chi connectivity index (χ2n) is 7.64. The summed E-state index contributed by atoms with van der Waals surface area (Å²) < 4.78 is 5.88. The Labute approximate surface area is 166 Å². The molecule has 0 spiro atoms. The molecule has 0 atom stereocenters. The van der Waals surface area contributed by atoms with E-state index < -0.39 is 0 Å². The number of ether oxygens (including phenoxy) is 1. The van der Waals surface area contributed by atoms with E-state index in [-0.39, 0.29) is 0 Å². The summed E-state index contributed by atoms with van der Waals surface area (Å²) in [5, 5.41) is 2.53. The minimum absolute atomic E-state index is 0.947. The molecule has 2 aliphatic carbocycles. The summed E-state index contributed by atoms with van der Waals surface area (Å²) in [6, 6.07) is 19.6. The predicted molar refractivity (Wildman–Crippen MR) is 119 cm³/mol. The van der Waals surface area contributed by atoms with Crippen LogP contribution in [0.4, 0.5) is 0 Å². The van der Waals surface area contributed by atoms with Crippen LogP contribution in [0, 0.1) is 0 Å². The van der Waals surface area contributed by atoms with Crippen LogP contribution in [-0.4, -0.2) is 7.11 Å². The van der Waals surface area contributed by atoms with Crippen LogP contribution in [0.15, 0.2) is 84.5 Å². The lowest BCUT2D eigenvalue weighted by molar-refractivity contribution is 0.416. The Morgan fingerprint density at radius 3 is 2.54 bits per heavy atom. The van der Waals surface area contributed by atoms with E-state index in [0.29, 0.717) is 0 Å². The maximum atomic E-state index is 5.88. The average molecular weight is 364 g/mol. The highest BCUT2D eigenvalue weighted by molar-refractivity contribution is 6.03. The van der Waals surface area contributed by atoms with Crippen molar-refractivity contribution < 1.29 is 4.74 Å². The molecule has 0 aromatic heterocycles. The molecular formula is C27H24O. The SMILES string of the molecule is C=CC1=CC2=C(CC1)CCc1ccc(OC)c(-c3cccc4ccccc34)c12. The second kappa shape index (κ2) is 6.83. The number of hydrogen-bond acceptors (Lipinski definition) is 1. The van der Waals surface area contributed by atoms with Gasteiger partial charge >= 0.3 is 0 Å². The number of allylic oxidation sites excluding steroid dienone is 5. The Morgan fingerprint density at radius 2 is 1.68 bits per heavy atom. The Kier molecular flexibility index (Phi) is 4.16. The molecule has 0 N–H and O–H groups in total. The fourth-order valence-corrected chi connectivity index (χ4v) is 4.77. The van der Waals surface area contributed by atoms with Crippen molar-refractivity contribution in [2.75, 3.05) is 7.11 Å². The molecule has 1 heteroatoms. The van der Waals surface area contributed by atoms with Gasteiger partial charge in [0.2, 0.25) is 0 Å². The first-order valence-electron chi connectivity index (χ1n) is 10.0. The van der Waals surface area contributed by atoms with Gasteiger partial charge in [-0.2, -0.15) is 0 Å². The molecule has 1 nitrogen and oxygen atoms in total. The zero-order chi connectivity index (χ0) is 19.1. The third kappa shape index (κ3) is 2.62. The van der Waals surface area contributed by atoms with E-state index in [1.165, 1.54) is 44.2 Å². The summed E-state index contributed by atoms with van der Waals surface area (Å²) >= 11 is 0. The van der Waals surface area contributed by atoms with Crippen LogP contribution in [0.3, 0.4) is 0 Å². The van der Waals surface area contributed by atoms with Crippen LogP contribution in [0.2, 0.25) is 0 Å². The molecule has 0 heterocycles. The molecule has 0 bridgehead atoms. The molecule has 0 unspecified atom stereocenters. The van der Waals surface area contributed by atoms with Gasteiger partial charge in [0, 0.05) is 5.56 Å². The van der Waals surface area contributed by atoms with Gasteiger partial charge < -0.3 is 4.74 Å². The normalized spacial score (nSPS) is 15.7. The van der Waals surface area contributed by atoms with Crippen LogP contribution in [-0.2, 0) is 6.42 Å². The van der Waals surface area contributed by atoms with Gasteiger partial charge in [-0.3, -0.25) is 0 Å². The fourth-order valence-electron chi connectivity index (χ4n) is 4.77. The van der Waals surface area contributed by atoms with Gasteiger partial charge in [-0.25, -0.2) is 0 Å². The lowest BCUT2D eigenvalue weighted by Gasteiger charge is -2.29. The van der Waals surface area contributed by atoms with Crippen LogP contribution in [0.1, 0.15) is 30.4 Å².